The van der Waals surface area contributed by atoms with Crippen molar-refractivity contribution in [2.45, 2.75) is 20.3 Å². The Bertz CT molecular complexity index is 555. The van der Waals surface area contributed by atoms with Crippen molar-refractivity contribution in [3.05, 3.63) is 29.0 Å². The van der Waals surface area contributed by atoms with Crippen LogP contribution in [-0.2, 0) is 0 Å². The van der Waals surface area contributed by atoms with Crippen LogP contribution < -0.4 is 10.2 Å². The third-order valence-corrected chi connectivity index (χ3v) is 4.09. The van der Waals surface area contributed by atoms with Crippen LogP contribution in [0.1, 0.15) is 20.3 Å². The molecule has 0 atom stereocenters. The van der Waals surface area contributed by atoms with Crippen LogP contribution in [0.3, 0.4) is 0 Å². The van der Waals surface area contributed by atoms with Gasteiger partial charge in [0.25, 0.3) is 0 Å². The fraction of sp³-hybridized carbons (Fsp3) is 0.467. The van der Waals surface area contributed by atoms with Gasteiger partial charge in [-0.2, -0.15) is 0 Å². The van der Waals surface area contributed by atoms with E-state index in [0.717, 1.165) is 34.2 Å². The van der Waals surface area contributed by atoms with E-state index in [9.17, 15) is 0 Å². The summed E-state index contributed by atoms with van der Waals surface area (Å²) < 4.78 is 1.05. The van der Waals surface area contributed by atoms with Gasteiger partial charge < -0.3 is 10.2 Å². The summed E-state index contributed by atoms with van der Waals surface area (Å²) in [5.41, 5.74) is 0.972. The largest absolute Gasteiger partial charge is 0.369 e. The molecule has 0 saturated carbocycles. The van der Waals surface area contributed by atoms with E-state index in [1.807, 2.05) is 12.1 Å². The highest BCUT2D eigenvalue weighted by Crippen LogP contribution is 2.23. The second kappa shape index (κ2) is 7.55. The van der Waals surface area contributed by atoms with Crippen LogP contribution >= 0.6 is 15.9 Å². The Balaban J connectivity index is 1.98. The molecule has 0 aliphatic heterocycles. The number of quaternary nitrogens is 1. The van der Waals surface area contributed by atoms with Crippen molar-refractivity contribution in [3.8, 4) is 0 Å². The molecule has 0 bridgehead atoms. The predicted octanol–water partition coefficient (Wildman–Crippen LogP) is 2.12. The standard InChI is InChI=1S/C15H21BrN4/c1-3-20(4-2)9-5-8-17-15-13-10-12(16)6-7-14(13)18-11-19-15/h6-7,10-11H,3-5,8-9H2,1-2H3,(H,17,18,19)/p+1. The number of anilines is 1. The lowest BCUT2D eigenvalue weighted by Crippen LogP contribution is -3.11. The van der Waals surface area contributed by atoms with Crippen molar-refractivity contribution in [1.82, 2.24) is 9.97 Å². The summed E-state index contributed by atoms with van der Waals surface area (Å²) >= 11 is 3.50. The van der Waals surface area contributed by atoms with Gasteiger partial charge in [-0.3, -0.25) is 0 Å². The Morgan fingerprint density at radius 1 is 1.20 bits per heavy atom. The third kappa shape index (κ3) is 3.90. The van der Waals surface area contributed by atoms with Crippen LogP contribution in [0.2, 0.25) is 0 Å². The quantitative estimate of drug-likeness (QED) is 0.760. The lowest BCUT2D eigenvalue weighted by molar-refractivity contribution is -0.896. The van der Waals surface area contributed by atoms with E-state index in [2.05, 4.69) is 51.1 Å². The van der Waals surface area contributed by atoms with Crippen molar-refractivity contribution in [1.29, 1.82) is 0 Å². The Kier molecular flexibility index (Phi) is 5.73. The Labute approximate surface area is 128 Å². The normalized spacial score (nSPS) is 11.2. The summed E-state index contributed by atoms with van der Waals surface area (Å²) in [4.78, 5) is 10.3. The molecule has 0 unspecified atom stereocenters. The Morgan fingerprint density at radius 3 is 2.75 bits per heavy atom. The monoisotopic (exact) mass is 337 g/mol. The average Bonchev–Trinajstić information content (AvgIpc) is 2.47. The number of fused-ring (bicyclic) bond motifs is 1. The zero-order chi connectivity index (χ0) is 14.4. The van der Waals surface area contributed by atoms with Gasteiger partial charge in [0, 0.05) is 22.8 Å². The first-order valence-electron chi connectivity index (χ1n) is 7.22. The number of rotatable bonds is 7. The fourth-order valence-corrected chi connectivity index (χ4v) is 2.68. The first-order valence-corrected chi connectivity index (χ1v) is 8.01. The minimum absolute atomic E-state index is 0.922. The zero-order valence-corrected chi connectivity index (χ0v) is 13.7. The van der Waals surface area contributed by atoms with Crippen molar-refractivity contribution in [3.63, 3.8) is 0 Å². The molecule has 0 spiro atoms. The maximum absolute atomic E-state index is 4.36. The van der Waals surface area contributed by atoms with Gasteiger partial charge in [-0.1, -0.05) is 15.9 Å². The molecule has 1 aromatic heterocycles. The van der Waals surface area contributed by atoms with Crippen molar-refractivity contribution < 1.29 is 4.90 Å². The van der Waals surface area contributed by atoms with Crippen LogP contribution in [0.25, 0.3) is 10.9 Å². The maximum Gasteiger partial charge on any atom is 0.137 e. The highest BCUT2D eigenvalue weighted by Gasteiger charge is 2.05. The second-order valence-corrected chi connectivity index (χ2v) is 5.79. The molecule has 2 rings (SSSR count). The summed E-state index contributed by atoms with van der Waals surface area (Å²) in [5.74, 6) is 0.922. The molecule has 20 heavy (non-hydrogen) atoms. The molecule has 108 valence electrons. The summed E-state index contributed by atoms with van der Waals surface area (Å²) in [6, 6.07) is 6.07. The van der Waals surface area contributed by atoms with Gasteiger partial charge in [0.1, 0.15) is 12.1 Å². The first-order chi connectivity index (χ1) is 9.74. The van der Waals surface area contributed by atoms with E-state index < -0.39 is 0 Å². The average molecular weight is 338 g/mol. The van der Waals surface area contributed by atoms with Gasteiger partial charge in [0.2, 0.25) is 0 Å². The molecule has 4 nitrogen and oxygen atoms in total. The van der Waals surface area contributed by atoms with Crippen LogP contribution in [0, 0.1) is 0 Å². The molecule has 5 heteroatoms. The smallest absolute Gasteiger partial charge is 0.137 e. The van der Waals surface area contributed by atoms with Gasteiger partial charge in [-0.25, -0.2) is 9.97 Å². The second-order valence-electron chi connectivity index (χ2n) is 4.87. The maximum atomic E-state index is 4.36. The molecule has 2 aromatic rings. The molecule has 0 aliphatic carbocycles. The minimum atomic E-state index is 0.922. The van der Waals surface area contributed by atoms with E-state index in [1.54, 1.807) is 11.2 Å². The first kappa shape index (κ1) is 15.2. The summed E-state index contributed by atoms with van der Waals surface area (Å²) in [7, 11) is 0. The van der Waals surface area contributed by atoms with E-state index in [4.69, 9.17) is 0 Å². The molecule has 0 fully saturated rings. The zero-order valence-electron chi connectivity index (χ0n) is 12.1. The number of halogens is 1. The van der Waals surface area contributed by atoms with E-state index in [-0.39, 0.29) is 0 Å². The lowest BCUT2D eigenvalue weighted by atomic mass is 10.2. The van der Waals surface area contributed by atoms with Crippen LogP contribution in [-0.4, -0.2) is 36.1 Å². The minimum Gasteiger partial charge on any atom is -0.369 e. The van der Waals surface area contributed by atoms with E-state index in [0.29, 0.717) is 0 Å². The summed E-state index contributed by atoms with van der Waals surface area (Å²) in [5, 5.41) is 4.50. The fourth-order valence-electron chi connectivity index (χ4n) is 2.32. The van der Waals surface area contributed by atoms with Crippen molar-refractivity contribution in [2.24, 2.45) is 0 Å². The van der Waals surface area contributed by atoms with Crippen LogP contribution in [0.5, 0.6) is 0 Å². The number of nitrogens with zero attached hydrogens (tertiary/aromatic N) is 2. The Hall–Kier alpha value is -1.20. The summed E-state index contributed by atoms with van der Waals surface area (Å²) in [6.45, 7) is 9.01. The molecule has 0 aliphatic rings. The highest BCUT2D eigenvalue weighted by atomic mass is 79.9. The van der Waals surface area contributed by atoms with Gasteiger partial charge in [-0.05, 0) is 32.0 Å². The molecule has 2 N–H and O–H groups in total. The number of hydrogen-bond acceptors (Lipinski definition) is 3. The van der Waals surface area contributed by atoms with Crippen LogP contribution in [0.4, 0.5) is 5.82 Å². The van der Waals surface area contributed by atoms with E-state index >= 15 is 0 Å². The van der Waals surface area contributed by atoms with Gasteiger partial charge in [-0.15, -0.1) is 0 Å². The number of hydrogen-bond donors (Lipinski definition) is 2. The topological polar surface area (TPSA) is 42.2 Å². The number of nitrogens with one attached hydrogen (secondary N) is 2. The van der Waals surface area contributed by atoms with Gasteiger partial charge in [0.05, 0.1) is 25.2 Å². The number of benzene rings is 1. The molecular formula is C15H22BrN4+. The SMILES string of the molecule is CC[NH+](CC)CCCNc1ncnc2ccc(Br)cc12. The molecule has 0 saturated heterocycles. The van der Waals surface area contributed by atoms with Crippen LogP contribution in [0.15, 0.2) is 29.0 Å². The lowest BCUT2D eigenvalue weighted by Gasteiger charge is -2.15. The van der Waals surface area contributed by atoms with Crippen molar-refractivity contribution in [2.75, 3.05) is 31.5 Å². The molecular weight excluding hydrogens is 316 g/mol. The van der Waals surface area contributed by atoms with Gasteiger partial charge >= 0.3 is 0 Å². The summed E-state index contributed by atoms with van der Waals surface area (Å²) in [6.07, 6.45) is 2.77. The third-order valence-electron chi connectivity index (χ3n) is 3.60. The Morgan fingerprint density at radius 2 is 2.00 bits per heavy atom. The highest BCUT2D eigenvalue weighted by molar-refractivity contribution is 9.10. The molecule has 1 heterocycles. The predicted molar refractivity (Wildman–Crippen MR) is 87.3 cm³/mol. The van der Waals surface area contributed by atoms with Crippen molar-refractivity contribution >= 4 is 32.7 Å². The molecule has 1 aromatic carbocycles. The van der Waals surface area contributed by atoms with E-state index in [1.165, 1.54) is 19.6 Å². The number of aromatic nitrogens is 2. The molecule has 0 amide bonds. The van der Waals surface area contributed by atoms with Gasteiger partial charge in [0.15, 0.2) is 0 Å². The molecule has 0 radical (unpaired) electrons.